The average Bonchev–Trinajstić information content (AvgIpc) is 2.55. The van der Waals surface area contributed by atoms with Crippen LogP contribution in [-0.2, 0) is 11.2 Å². The zero-order valence-corrected chi connectivity index (χ0v) is 18.1. The lowest BCUT2D eigenvalue weighted by Crippen LogP contribution is -2.38. The fraction of sp³-hybridized carbons (Fsp3) is 0.455. The molecule has 0 saturated heterocycles. The highest BCUT2D eigenvalue weighted by Gasteiger charge is 2.18. The number of alkyl carbamates (subject to hydrolysis) is 1. The molecule has 0 spiro atoms. The predicted molar refractivity (Wildman–Crippen MR) is 114 cm³/mol. The SMILES string of the molecule is CC(Cc1cc(-c2ccc(=O)n(C(C)C)c2)ccc1Cl)NC(=O)OC(C)(C)C. The lowest BCUT2D eigenvalue weighted by atomic mass is 10.0. The van der Waals surface area contributed by atoms with Crippen LogP contribution < -0.4 is 10.9 Å². The number of ether oxygens (including phenoxy) is 1. The maximum Gasteiger partial charge on any atom is 0.407 e. The minimum atomic E-state index is -0.541. The van der Waals surface area contributed by atoms with Gasteiger partial charge in [-0.1, -0.05) is 17.7 Å². The van der Waals surface area contributed by atoms with Gasteiger partial charge in [-0.25, -0.2) is 4.79 Å². The minimum Gasteiger partial charge on any atom is -0.444 e. The number of amides is 1. The molecule has 1 atom stereocenters. The smallest absolute Gasteiger partial charge is 0.407 e. The summed E-state index contributed by atoms with van der Waals surface area (Å²) >= 11 is 6.38. The quantitative estimate of drug-likeness (QED) is 0.744. The van der Waals surface area contributed by atoms with Crippen molar-refractivity contribution in [1.29, 1.82) is 0 Å². The maximum absolute atomic E-state index is 12.0. The van der Waals surface area contributed by atoms with Crippen LogP contribution in [0.15, 0.2) is 41.3 Å². The molecule has 2 aromatic rings. The van der Waals surface area contributed by atoms with Crippen molar-refractivity contribution in [3.63, 3.8) is 0 Å². The van der Waals surface area contributed by atoms with E-state index in [2.05, 4.69) is 5.32 Å². The van der Waals surface area contributed by atoms with Gasteiger partial charge in [-0.3, -0.25) is 4.79 Å². The summed E-state index contributed by atoms with van der Waals surface area (Å²) in [5.41, 5.74) is 2.27. The zero-order chi connectivity index (χ0) is 21.1. The second kappa shape index (κ2) is 8.82. The van der Waals surface area contributed by atoms with Crippen LogP contribution >= 0.6 is 11.6 Å². The molecule has 1 aromatic carbocycles. The van der Waals surface area contributed by atoms with Crippen molar-refractivity contribution in [2.24, 2.45) is 0 Å². The molecular formula is C22H29ClN2O3. The van der Waals surface area contributed by atoms with E-state index in [1.54, 1.807) is 10.6 Å². The number of rotatable bonds is 5. The van der Waals surface area contributed by atoms with E-state index < -0.39 is 11.7 Å². The van der Waals surface area contributed by atoms with Crippen LogP contribution in [0.3, 0.4) is 0 Å². The molecule has 28 heavy (non-hydrogen) atoms. The lowest BCUT2D eigenvalue weighted by molar-refractivity contribution is 0.0508. The van der Waals surface area contributed by atoms with Gasteiger partial charge in [-0.05, 0) is 82.9 Å². The first-order valence-corrected chi connectivity index (χ1v) is 9.84. The summed E-state index contributed by atoms with van der Waals surface area (Å²) < 4.78 is 7.01. The number of nitrogens with zero attached hydrogens (tertiary/aromatic N) is 1. The molecule has 6 heteroatoms. The number of halogens is 1. The van der Waals surface area contributed by atoms with Gasteiger partial charge in [0.15, 0.2) is 0 Å². The molecule has 1 N–H and O–H groups in total. The largest absolute Gasteiger partial charge is 0.444 e. The Morgan fingerprint density at radius 1 is 1.14 bits per heavy atom. The molecule has 0 aliphatic rings. The van der Waals surface area contributed by atoms with Crippen molar-refractivity contribution in [3.05, 3.63) is 57.5 Å². The molecule has 1 amide bonds. The number of aromatic nitrogens is 1. The molecule has 5 nitrogen and oxygen atoms in total. The van der Waals surface area contributed by atoms with Gasteiger partial charge in [0.2, 0.25) is 0 Å². The molecule has 0 aliphatic heterocycles. The van der Waals surface area contributed by atoms with E-state index in [9.17, 15) is 9.59 Å². The van der Waals surface area contributed by atoms with E-state index in [1.165, 1.54) is 0 Å². The Labute approximate surface area is 171 Å². The normalized spacial score (nSPS) is 12.7. The summed E-state index contributed by atoms with van der Waals surface area (Å²) in [5, 5.41) is 3.48. The molecule has 0 bridgehead atoms. The molecule has 152 valence electrons. The van der Waals surface area contributed by atoms with Crippen molar-refractivity contribution >= 4 is 17.7 Å². The highest BCUT2D eigenvalue weighted by molar-refractivity contribution is 6.31. The standard InChI is InChI=1S/C22H29ClN2O3/c1-14(2)25-13-17(8-10-20(25)26)16-7-9-19(23)18(12-16)11-15(3)24-21(27)28-22(4,5)6/h7-10,12-15H,11H2,1-6H3,(H,24,27). The van der Waals surface area contributed by atoms with Crippen LogP contribution in [-0.4, -0.2) is 22.3 Å². The van der Waals surface area contributed by atoms with Crippen LogP contribution in [0.5, 0.6) is 0 Å². The number of benzene rings is 1. The van der Waals surface area contributed by atoms with Crippen molar-refractivity contribution in [2.75, 3.05) is 0 Å². The third kappa shape index (κ3) is 6.13. The van der Waals surface area contributed by atoms with E-state index in [0.29, 0.717) is 11.4 Å². The zero-order valence-electron chi connectivity index (χ0n) is 17.4. The second-order valence-corrected chi connectivity index (χ2v) is 8.72. The van der Waals surface area contributed by atoms with Gasteiger partial charge in [0.1, 0.15) is 5.60 Å². The Balaban J connectivity index is 2.21. The Hall–Kier alpha value is -2.27. The van der Waals surface area contributed by atoms with E-state index in [4.69, 9.17) is 16.3 Å². The number of nitrogens with one attached hydrogen (secondary N) is 1. The molecule has 0 saturated carbocycles. The highest BCUT2D eigenvalue weighted by Crippen LogP contribution is 2.26. The van der Waals surface area contributed by atoms with Crippen LogP contribution in [0, 0.1) is 0 Å². The van der Waals surface area contributed by atoms with Crippen LogP contribution in [0.4, 0.5) is 4.79 Å². The van der Waals surface area contributed by atoms with Gasteiger partial charge in [0.05, 0.1) is 0 Å². The summed E-state index contributed by atoms with van der Waals surface area (Å²) in [6.45, 7) is 11.3. The molecular weight excluding hydrogens is 376 g/mol. The third-order valence-corrected chi connectivity index (χ3v) is 4.53. The highest BCUT2D eigenvalue weighted by atomic mass is 35.5. The minimum absolute atomic E-state index is 0.0249. The van der Waals surface area contributed by atoms with Crippen LogP contribution in [0.25, 0.3) is 11.1 Å². The fourth-order valence-corrected chi connectivity index (χ4v) is 3.07. The predicted octanol–water partition coefficient (Wildman–Crippen LogP) is 5.21. The molecule has 0 radical (unpaired) electrons. The van der Waals surface area contributed by atoms with Crippen LogP contribution in [0.2, 0.25) is 5.02 Å². The lowest BCUT2D eigenvalue weighted by Gasteiger charge is -2.22. The molecule has 0 aliphatic carbocycles. The van der Waals surface area contributed by atoms with E-state index in [-0.39, 0.29) is 17.6 Å². The third-order valence-electron chi connectivity index (χ3n) is 4.16. The monoisotopic (exact) mass is 404 g/mol. The molecule has 2 rings (SSSR count). The first-order chi connectivity index (χ1) is 13.0. The van der Waals surface area contributed by atoms with E-state index in [1.807, 2.05) is 72.0 Å². The first-order valence-electron chi connectivity index (χ1n) is 9.47. The van der Waals surface area contributed by atoms with Crippen molar-refractivity contribution in [2.45, 2.75) is 65.6 Å². The van der Waals surface area contributed by atoms with Gasteiger partial charge in [-0.15, -0.1) is 0 Å². The second-order valence-electron chi connectivity index (χ2n) is 8.31. The number of carbonyl (C=O) groups excluding carboxylic acids is 1. The number of hydrogen-bond donors (Lipinski definition) is 1. The van der Waals surface area contributed by atoms with E-state index >= 15 is 0 Å². The molecule has 1 heterocycles. The van der Waals surface area contributed by atoms with Gasteiger partial charge in [0.25, 0.3) is 5.56 Å². The van der Waals surface area contributed by atoms with Crippen molar-refractivity contribution in [1.82, 2.24) is 9.88 Å². The Morgan fingerprint density at radius 3 is 2.39 bits per heavy atom. The van der Waals surface area contributed by atoms with Gasteiger partial charge < -0.3 is 14.6 Å². The maximum atomic E-state index is 12.0. The fourth-order valence-electron chi connectivity index (χ4n) is 2.88. The summed E-state index contributed by atoms with van der Waals surface area (Å²) in [6.07, 6.45) is 1.98. The molecule has 1 aromatic heterocycles. The summed E-state index contributed by atoms with van der Waals surface area (Å²) in [5.74, 6) is 0. The molecule has 0 fully saturated rings. The van der Waals surface area contributed by atoms with Gasteiger partial charge in [0, 0.05) is 29.4 Å². The summed E-state index contributed by atoms with van der Waals surface area (Å²) in [6, 6.07) is 9.11. The Bertz CT molecular complexity index is 897. The summed E-state index contributed by atoms with van der Waals surface area (Å²) in [7, 11) is 0. The van der Waals surface area contributed by atoms with E-state index in [0.717, 1.165) is 16.7 Å². The topological polar surface area (TPSA) is 60.3 Å². The van der Waals surface area contributed by atoms with Gasteiger partial charge in [-0.2, -0.15) is 0 Å². The molecule has 1 unspecified atom stereocenters. The Morgan fingerprint density at radius 2 is 1.79 bits per heavy atom. The number of hydrogen-bond acceptors (Lipinski definition) is 3. The van der Waals surface area contributed by atoms with Crippen molar-refractivity contribution < 1.29 is 9.53 Å². The summed E-state index contributed by atoms with van der Waals surface area (Å²) in [4.78, 5) is 24.0. The van der Waals surface area contributed by atoms with Gasteiger partial charge >= 0.3 is 6.09 Å². The van der Waals surface area contributed by atoms with Crippen molar-refractivity contribution in [3.8, 4) is 11.1 Å². The Kier molecular flexibility index (Phi) is 6.94. The van der Waals surface area contributed by atoms with Crippen LogP contribution in [0.1, 0.15) is 53.1 Å². The number of carbonyl (C=O) groups is 1. The number of pyridine rings is 1. The average molecular weight is 405 g/mol. The first kappa shape index (κ1) is 22.0.